The average Bonchev–Trinajstić information content (AvgIpc) is 2.75. The Bertz CT molecular complexity index is 572. The van der Waals surface area contributed by atoms with Crippen molar-refractivity contribution >= 4 is 23.4 Å². The van der Waals surface area contributed by atoms with Gasteiger partial charge in [-0.15, -0.1) is 0 Å². The maximum atomic E-state index is 11.9. The molecule has 3 N–H and O–H groups in total. The highest BCUT2D eigenvalue weighted by molar-refractivity contribution is 6.05. The van der Waals surface area contributed by atoms with Crippen LogP contribution in [0.15, 0.2) is 24.3 Å². The van der Waals surface area contributed by atoms with Gasteiger partial charge in [-0.3, -0.25) is 25.2 Å². The first-order valence-corrected chi connectivity index (χ1v) is 7.27. The van der Waals surface area contributed by atoms with Gasteiger partial charge < -0.3 is 5.32 Å². The first-order chi connectivity index (χ1) is 10.3. The highest BCUT2D eigenvalue weighted by Gasteiger charge is 2.32. The van der Waals surface area contributed by atoms with Crippen LogP contribution in [0.4, 0.5) is 5.69 Å². The largest absolute Gasteiger partial charge is 0.326 e. The number of carbonyl (C=O) groups is 3. The minimum absolute atomic E-state index is 0.0612. The minimum atomic E-state index is -0.783. The van der Waals surface area contributed by atoms with E-state index >= 15 is 0 Å². The molecule has 1 aliphatic heterocycles. The van der Waals surface area contributed by atoms with E-state index in [0.717, 1.165) is 0 Å². The lowest BCUT2D eigenvalue weighted by molar-refractivity contribution is -0.128. The van der Waals surface area contributed by atoms with Crippen molar-refractivity contribution < 1.29 is 14.4 Å². The van der Waals surface area contributed by atoms with Crippen molar-refractivity contribution in [2.24, 2.45) is 5.92 Å². The molecule has 0 spiro atoms. The Morgan fingerprint density at radius 1 is 1.09 bits per heavy atom. The zero-order valence-electron chi connectivity index (χ0n) is 13.0. The summed E-state index contributed by atoms with van der Waals surface area (Å²) in [5.41, 5.74) is 6.44. The summed E-state index contributed by atoms with van der Waals surface area (Å²) in [6.45, 7) is 6.37. The van der Waals surface area contributed by atoms with Crippen molar-refractivity contribution in [3.63, 3.8) is 0 Å². The number of hydrogen-bond acceptors (Lipinski definition) is 3. The normalized spacial score (nSPS) is 15.4. The van der Waals surface area contributed by atoms with E-state index in [4.69, 9.17) is 0 Å². The number of benzene rings is 1. The van der Waals surface area contributed by atoms with Gasteiger partial charge in [0.2, 0.25) is 5.91 Å². The van der Waals surface area contributed by atoms with Crippen LogP contribution < -0.4 is 16.2 Å². The molecule has 1 aromatic carbocycles. The molecule has 6 nitrogen and oxygen atoms in total. The number of carbonyl (C=O) groups excluding carboxylic acids is 3. The molecule has 1 aromatic rings. The van der Waals surface area contributed by atoms with Gasteiger partial charge in [-0.25, -0.2) is 0 Å². The molecule has 0 aliphatic carbocycles. The number of anilines is 1. The van der Waals surface area contributed by atoms with E-state index in [2.05, 4.69) is 36.9 Å². The molecule has 118 valence electrons. The highest BCUT2D eigenvalue weighted by Crippen LogP contribution is 2.23. The second kappa shape index (κ2) is 6.17. The lowest BCUT2D eigenvalue weighted by Crippen LogP contribution is -2.28. The molecule has 3 amide bonds. The molecule has 0 atom stereocenters. The Morgan fingerprint density at radius 2 is 1.64 bits per heavy atom. The average molecular weight is 303 g/mol. The Balaban J connectivity index is 1.87. The van der Waals surface area contributed by atoms with Crippen LogP contribution in [0, 0.1) is 5.92 Å². The Kier molecular flexibility index (Phi) is 4.49. The highest BCUT2D eigenvalue weighted by atomic mass is 16.2. The Hall–Kier alpha value is -2.37. The summed E-state index contributed by atoms with van der Waals surface area (Å²) in [4.78, 5) is 34.6. The lowest BCUT2D eigenvalue weighted by Gasteiger charge is -2.19. The van der Waals surface area contributed by atoms with Crippen LogP contribution in [0.5, 0.6) is 0 Å². The molecule has 1 fully saturated rings. The molecule has 1 heterocycles. The van der Waals surface area contributed by atoms with Crippen molar-refractivity contribution in [1.29, 1.82) is 0 Å². The molecule has 6 heteroatoms. The first kappa shape index (κ1) is 16.0. The van der Waals surface area contributed by atoms with Gasteiger partial charge in [-0.05, 0) is 29.5 Å². The van der Waals surface area contributed by atoms with Crippen molar-refractivity contribution in [2.75, 3.05) is 5.32 Å². The van der Waals surface area contributed by atoms with Gasteiger partial charge >= 0.3 is 0 Å². The summed E-state index contributed by atoms with van der Waals surface area (Å²) in [6.07, 6.45) is 0.316. The predicted octanol–water partition coefficient (Wildman–Crippen LogP) is 1.48. The molecule has 0 saturated carbocycles. The van der Waals surface area contributed by atoms with E-state index in [1.165, 1.54) is 5.56 Å². The topological polar surface area (TPSA) is 87.3 Å². The molecule has 1 saturated heterocycles. The SMILES string of the molecule is CC(C)(C)c1ccc(NC(=O)CCC2C(=O)NNC2=O)cc1. The van der Waals surface area contributed by atoms with Crippen LogP contribution in [-0.2, 0) is 19.8 Å². The standard InChI is InChI=1S/C16H21N3O3/c1-16(2,3)10-4-6-11(7-5-10)17-13(20)9-8-12-14(21)18-19-15(12)22/h4-7,12H,8-9H2,1-3H3,(H,17,20)(H,18,21)(H,19,22). The third-order valence-electron chi connectivity index (χ3n) is 3.64. The number of hydrogen-bond donors (Lipinski definition) is 3. The van der Waals surface area contributed by atoms with Gasteiger partial charge in [0.15, 0.2) is 0 Å². The summed E-state index contributed by atoms with van der Waals surface area (Å²) in [5, 5.41) is 2.77. The van der Waals surface area contributed by atoms with E-state index in [0.29, 0.717) is 5.69 Å². The van der Waals surface area contributed by atoms with E-state index in [-0.39, 0.29) is 36.0 Å². The van der Waals surface area contributed by atoms with Crippen molar-refractivity contribution in [2.45, 2.75) is 39.0 Å². The molecule has 0 aromatic heterocycles. The molecule has 2 rings (SSSR count). The third kappa shape index (κ3) is 3.84. The number of rotatable bonds is 4. The molecular weight excluding hydrogens is 282 g/mol. The van der Waals surface area contributed by atoms with E-state index in [9.17, 15) is 14.4 Å². The number of hydrazine groups is 1. The fourth-order valence-electron chi connectivity index (χ4n) is 2.23. The maximum absolute atomic E-state index is 11.9. The molecular formula is C16H21N3O3. The van der Waals surface area contributed by atoms with Crippen LogP contribution >= 0.6 is 0 Å². The maximum Gasteiger partial charge on any atom is 0.251 e. The van der Waals surface area contributed by atoms with Crippen LogP contribution in [0.3, 0.4) is 0 Å². The molecule has 0 radical (unpaired) electrons. The van der Waals surface area contributed by atoms with Gasteiger partial charge in [-0.2, -0.15) is 0 Å². The molecule has 0 unspecified atom stereocenters. The van der Waals surface area contributed by atoms with Crippen molar-refractivity contribution in [3.8, 4) is 0 Å². The summed E-state index contributed by atoms with van der Waals surface area (Å²) >= 11 is 0. The third-order valence-corrected chi connectivity index (χ3v) is 3.64. The molecule has 22 heavy (non-hydrogen) atoms. The summed E-state index contributed by atoms with van der Waals surface area (Å²) in [6, 6.07) is 7.67. The zero-order chi connectivity index (χ0) is 16.3. The smallest absolute Gasteiger partial charge is 0.251 e. The van der Waals surface area contributed by atoms with Crippen LogP contribution in [0.25, 0.3) is 0 Å². The Labute approximate surface area is 129 Å². The quantitative estimate of drug-likeness (QED) is 0.736. The Morgan fingerprint density at radius 3 is 2.14 bits per heavy atom. The van der Waals surface area contributed by atoms with Gasteiger partial charge in [0.1, 0.15) is 5.92 Å². The number of nitrogens with one attached hydrogen (secondary N) is 3. The predicted molar refractivity (Wildman–Crippen MR) is 82.8 cm³/mol. The van der Waals surface area contributed by atoms with Crippen LogP contribution in [0.1, 0.15) is 39.2 Å². The minimum Gasteiger partial charge on any atom is -0.326 e. The van der Waals surface area contributed by atoms with Crippen molar-refractivity contribution in [3.05, 3.63) is 29.8 Å². The molecule has 0 bridgehead atoms. The summed E-state index contributed by atoms with van der Waals surface area (Å²) in [7, 11) is 0. The lowest BCUT2D eigenvalue weighted by atomic mass is 9.87. The van der Waals surface area contributed by atoms with Crippen LogP contribution in [-0.4, -0.2) is 17.7 Å². The van der Waals surface area contributed by atoms with Gasteiger partial charge in [0.25, 0.3) is 11.8 Å². The second-order valence-electron chi connectivity index (χ2n) is 6.45. The van der Waals surface area contributed by atoms with E-state index in [1.807, 2.05) is 24.3 Å². The summed E-state index contributed by atoms with van der Waals surface area (Å²) < 4.78 is 0. The number of amides is 3. The van der Waals surface area contributed by atoms with E-state index in [1.54, 1.807) is 0 Å². The summed E-state index contributed by atoms with van der Waals surface area (Å²) in [5.74, 6) is -1.76. The van der Waals surface area contributed by atoms with Crippen LogP contribution in [0.2, 0.25) is 0 Å². The van der Waals surface area contributed by atoms with E-state index < -0.39 is 5.92 Å². The second-order valence-corrected chi connectivity index (χ2v) is 6.45. The fraction of sp³-hybridized carbons (Fsp3) is 0.438. The zero-order valence-corrected chi connectivity index (χ0v) is 13.0. The van der Waals surface area contributed by atoms with Gasteiger partial charge in [-0.1, -0.05) is 32.9 Å². The van der Waals surface area contributed by atoms with Crippen molar-refractivity contribution in [1.82, 2.24) is 10.9 Å². The monoisotopic (exact) mass is 303 g/mol. The molecule has 1 aliphatic rings. The first-order valence-electron chi connectivity index (χ1n) is 7.27. The van der Waals surface area contributed by atoms with Gasteiger partial charge in [0.05, 0.1) is 0 Å². The van der Waals surface area contributed by atoms with Gasteiger partial charge in [0, 0.05) is 12.1 Å². The fourth-order valence-corrected chi connectivity index (χ4v) is 2.23.